The van der Waals surface area contributed by atoms with Gasteiger partial charge in [-0.05, 0) is 24.5 Å². The zero-order chi connectivity index (χ0) is 19.3. The monoisotopic (exact) mass is 389 g/mol. The highest BCUT2D eigenvalue weighted by atomic mass is 32.1. The van der Waals surface area contributed by atoms with Gasteiger partial charge in [0.2, 0.25) is 5.13 Å². The van der Waals surface area contributed by atoms with Crippen LogP contribution in [0.2, 0.25) is 0 Å². The van der Waals surface area contributed by atoms with Gasteiger partial charge in [-0.25, -0.2) is 4.98 Å². The van der Waals surface area contributed by atoms with E-state index in [2.05, 4.69) is 22.1 Å². The number of benzene rings is 1. The third-order valence-electron chi connectivity index (χ3n) is 4.64. The van der Waals surface area contributed by atoms with Gasteiger partial charge in [-0.1, -0.05) is 64.7 Å². The number of hydrogen-bond donors (Lipinski definition) is 2. The van der Waals surface area contributed by atoms with E-state index in [1.165, 1.54) is 68.8 Å². The van der Waals surface area contributed by atoms with Crippen LogP contribution in [0.4, 0.5) is 10.8 Å². The number of nitrogens with zero attached hydrogens (tertiary/aromatic N) is 3. The van der Waals surface area contributed by atoms with Gasteiger partial charge >= 0.3 is 0 Å². The molecule has 2 aromatic rings. The van der Waals surface area contributed by atoms with Crippen molar-refractivity contribution in [1.29, 1.82) is 0 Å². The molecule has 0 unspecified atom stereocenters. The number of aromatic hydroxyl groups is 2. The zero-order valence-electron chi connectivity index (χ0n) is 16.2. The molecule has 0 amide bonds. The molecule has 0 saturated carbocycles. The predicted octanol–water partition coefficient (Wildman–Crippen LogP) is 7.43. The van der Waals surface area contributed by atoms with Gasteiger partial charge in [-0.2, -0.15) is 0 Å². The second-order valence-electron chi connectivity index (χ2n) is 6.92. The maximum atomic E-state index is 10.1. The standard InChI is InChI=1S/C21H31N3O2S/c1-2-3-4-5-6-7-8-9-10-11-12-17-15-18(20(26)16-19(17)25)23-24-21-22-13-14-27-21/h13-16,25-26H,2-12H2,1H3. The minimum atomic E-state index is -0.0698. The number of rotatable bonds is 13. The second kappa shape index (κ2) is 12.4. The number of azo groups is 1. The summed E-state index contributed by atoms with van der Waals surface area (Å²) in [5, 5.41) is 30.5. The van der Waals surface area contributed by atoms with Crippen molar-refractivity contribution in [2.24, 2.45) is 10.2 Å². The SMILES string of the molecule is CCCCCCCCCCCCc1cc(N=Nc2nccs2)c(O)cc1O. The number of thiazole rings is 1. The fraction of sp³-hybridized carbons (Fsp3) is 0.571. The van der Waals surface area contributed by atoms with Crippen molar-refractivity contribution in [3.63, 3.8) is 0 Å². The summed E-state index contributed by atoms with van der Waals surface area (Å²) in [4.78, 5) is 4.03. The molecule has 6 heteroatoms. The topological polar surface area (TPSA) is 78.1 Å². The van der Waals surface area contributed by atoms with Crippen LogP contribution in [0, 0.1) is 0 Å². The first-order chi connectivity index (χ1) is 13.2. The fourth-order valence-electron chi connectivity index (χ4n) is 3.05. The minimum absolute atomic E-state index is 0.0698. The fourth-order valence-corrected chi connectivity index (χ4v) is 3.51. The zero-order valence-corrected chi connectivity index (χ0v) is 17.0. The predicted molar refractivity (Wildman–Crippen MR) is 112 cm³/mol. The Morgan fingerprint density at radius 3 is 2.15 bits per heavy atom. The summed E-state index contributed by atoms with van der Waals surface area (Å²) in [6, 6.07) is 3.07. The lowest BCUT2D eigenvalue weighted by Crippen LogP contribution is -1.88. The van der Waals surface area contributed by atoms with Gasteiger partial charge < -0.3 is 10.2 Å². The minimum Gasteiger partial charge on any atom is -0.508 e. The van der Waals surface area contributed by atoms with Gasteiger partial charge in [0, 0.05) is 17.6 Å². The summed E-state index contributed by atoms with van der Waals surface area (Å²) in [6.07, 6.45) is 15.2. The molecule has 1 aromatic heterocycles. The van der Waals surface area contributed by atoms with E-state index in [4.69, 9.17) is 0 Å². The lowest BCUT2D eigenvalue weighted by Gasteiger charge is -2.07. The van der Waals surface area contributed by atoms with Gasteiger partial charge in [0.15, 0.2) is 0 Å². The smallest absolute Gasteiger partial charge is 0.229 e. The molecule has 0 radical (unpaired) electrons. The van der Waals surface area contributed by atoms with E-state index in [9.17, 15) is 10.2 Å². The molecular weight excluding hydrogens is 358 g/mol. The molecule has 1 aromatic carbocycles. The molecule has 148 valence electrons. The maximum Gasteiger partial charge on any atom is 0.229 e. The third kappa shape index (κ3) is 8.08. The van der Waals surface area contributed by atoms with Gasteiger partial charge in [-0.3, -0.25) is 0 Å². The van der Waals surface area contributed by atoms with Gasteiger partial charge in [0.1, 0.15) is 17.2 Å². The Hall–Kier alpha value is -1.95. The summed E-state index contributed by atoms with van der Waals surface area (Å²) in [6.45, 7) is 2.25. The van der Waals surface area contributed by atoms with Gasteiger partial charge in [0.05, 0.1) is 0 Å². The van der Waals surface area contributed by atoms with E-state index in [1.54, 1.807) is 12.3 Å². The Labute approximate surface area is 166 Å². The summed E-state index contributed by atoms with van der Waals surface area (Å²) in [7, 11) is 0. The van der Waals surface area contributed by atoms with E-state index in [0.717, 1.165) is 24.8 Å². The highest BCUT2D eigenvalue weighted by molar-refractivity contribution is 7.13. The first kappa shape index (κ1) is 21.4. The van der Waals surface area contributed by atoms with Crippen LogP contribution in [0.3, 0.4) is 0 Å². The largest absolute Gasteiger partial charge is 0.508 e. The first-order valence-electron chi connectivity index (χ1n) is 10.1. The summed E-state index contributed by atoms with van der Waals surface area (Å²) >= 11 is 1.38. The van der Waals surface area contributed by atoms with Crippen molar-refractivity contribution < 1.29 is 10.2 Å². The number of phenolic OH excluding ortho intramolecular Hbond substituents is 2. The molecule has 0 aliphatic carbocycles. The van der Waals surface area contributed by atoms with E-state index >= 15 is 0 Å². The van der Waals surface area contributed by atoms with Crippen molar-refractivity contribution in [2.75, 3.05) is 0 Å². The molecule has 1 heterocycles. The quantitative estimate of drug-likeness (QED) is 0.276. The van der Waals surface area contributed by atoms with Crippen LogP contribution in [0.5, 0.6) is 11.5 Å². The Bertz CT molecular complexity index is 687. The number of hydrogen-bond acceptors (Lipinski definition) is 6. The molecule has 0 aliphatic heterocycles. The molecule has 2 rings (SSSR count). The van der Waals surface area contributed by atoms with Crippen molar-refractivity contribution >= 4 is 22.2 Å². The lowest BCUT2D eigenvalue weighted by molar-refractivity contribution is 0.445. The van der Waals surface area contributed by atoms with Crippen LogP contribution in [0.25, 0.3) is 0 Å². The molecule has 2 N–H and O–H groups in total. The molecule has 0 fully saturated rings. The molecule has 0 bridgehead atoms. The van der Waals surface area contributed by atoms with E-state index in [-0.39, 0.29) is 11.5 Å². The number of unbranched alkanes of at least 4 members (excludes halogenated alkanes) is 9. The van der Waals surface area contributed by atoms with Crippen LogP contribution in [-0.4, -0.2) is 15.2 Å². The molecule has 0 saturated heterocycles. The number of aryl methyl sites for hydroxylation is 1. The van der Waals surface area contributed by atoms with Gasteiger partial charge in [-0.15, -0.1) is 21.6 Å². The third-order valence-corrected chi connectivity index (χ3v) is 5.29. The number of phenols is 2. The van der Waals surface area contributed by atoms with Crippen LogP contribution >= 0.6 is 11.3 Å². The van der Waals surface area contributed by atoms with Crippen molar-refractivity contribution in [2.45, 2.75) is 77.6 Å². The van der Waals surface area contributed by atoms with Crippen molar-refractivity contribution in [3.05, 3.63) is 29.3 Å². The molecule has 0 aliphatic rings. The molecule has 5 nitrogen and oxygen atoms in total. The Kier molecular flexibility index (Phi) is 9.84. The van der Waals surface area contributed by atoms with E-state index in [1.807, 2.05) is 5.38 Å². The average Bonchev–Trinajstić information content (AvgIpc) is 3.17. The van der Waals surface area contributed by atoms with E-state index < -0.39 is 0 Å². The highest BCUT2D eigenvalue weighted by Crippen LogP contribution is 2.35. The summed E-state index contributed by atoms with van der Waals surface area (Å²) in [5.41, 5.74) is 1.17. The maximum absolute atomic E-state index is 10.1. The Morgan fingerprint density at radius 2 is 1.52 bits per heavy atom. The van der Waals surface area contributed by atoms with Crippen LogP contribution < -0.4 is 0 Å². The average molecular weight is 390 g/mol. The summed E-state index contributed by atoms with van der Waals surface area (Å²) in [5.74, 6) is 0.0521. The highest BCUT2D eigenvalue weighted by Gasteiger charge is 2.09. The normalized spacial score (nSPS) is 11.4. The Morgan fingerprint density at radius 1 is 0.852 bits per heavy atom. The van der Waals surface area contributed by atoms with E-state index in [0.29, 0.717) is 10.8 Å². The molecular formula is C21H31N3O2S. The second-order valence-corrected chi connectivity index (χ2v) is 7.79. The lowest BCUT2D eigenvalue weighted by atomic mass is 10.0. The first-order valence-corrected chi connectivity index (χ1v) is 10.9. The Balaban J connectivity index is 1.72. The van der Waals surface area contributed by atoms with Crippen molar-refractivity contribution in [1.82, 2.24) is 4.98 Å². The summed E-state index contributed by atoms with van der Waals surface area (Å²) < 4.78 is 0. The molecule has 0 spiro atoms. The van der Waals surface area contributed by atoms with Crippen LogP contribution in [-0.2, 0) is 6.42 Å². The van der Waals surface area contributed by atoms with Gasteiger partial charge in [0.25, 0.3) is 0 Å². The van der Waals surface area contributed by atoms with Crippen LogP contribution in [0.1, 0.15) is 76.7 Å². The van der Waals surface area contributed by atoms with Crippen molar-refractivity contribution in [3.8, 4) is 11.5 Å². The number of aromatic nitrogens is 1. The molecule has 0 atom stereocenters. The molecule has 27 heavy (non-hydrogen) atoms. The van der Waals surface area contributed by atoms with Crippen LogP contribution in [0.15, 0.2) is 33.9 Å².